The molecule has 2 aromatic rings. The van der Waals surface area contributed by atoms with Gasteiger partial charge < -0.3 is 4.74 Å². The monoisotopic (exact) mass is 321 g/mol. The zero-order chi connectivity index (χ0) is 15.9. The molecular formula is C15H19N3O3S. The van der Waals surface area contributed by atoms with Crippen LogP contribution in [0.25, 0.3) is 0 Å². The smallest absolute Gasteiger partial charge is 0.267 e. The number of aromatic nitrogens is 2. The van der Waals surface area contributed by atoms with Crippen molar-refractivity contribution in [3.63, 3.8) is 0 Å². The number of fused-ring (bicyclic) bond motifs is 1. The second-order valence-corrected chi connectivity index (χ2v) is 7.24. The highest BCUT2D eigenvalue weighted by Gasteiger charge is 2.33. The molecule has 0 saturated heterocycles. The Labute approximate surface area is 130 Å². The summed E-state index contributed by atoms with van der Waals surface area (Å²) in [5, 5.41) is 6.76. The first-order chi connectivity index (χ1) is 10.4. The molecule has 0 atom stereocenters. The molecule has 0 spiro atoms. The molecule has 0 bridgehead atoms. The lowest BCUT2D eigenvalue weighted by molar-refractivity contribution is 0.414. The van der Waals surface area contributed by atoms with E-state index >= 15 is 0 Å². The van der Waals surface area contributed by atoms with Crippen molar-refractivity contribution in [2.45, 2.75) is 31.6 Å². The van der Waals surface area contributed by atoms with E-state index in [0.29, 0.717) is 29.4 Å². The minimum atomic E-state index is -3.63. The molecule has 1 aliphatic heterocycles. The van der Waals surface area contributed by atoms with Gasteiger partial charge in [-0.25, -0.2) is 8.42 Å². The minimum Gasteiger partial charge on any atom is -0.497 e. The summed E-state index contributed by atoms with van der Waals surface area (Å²) in [4.78, 5) is 0.267. The molecule has 1 aromatic heterocycles. The van der Waals surface area contributed by atoms with Gasteiger partial charge in [-0.1, -0.05) is 6.07 Å². The van der Waals surface area contributed by atoms with Gasteiger partial charge in [0.1, 0.15) is 10.6 Å². The van der Waals surface area contributed by atoms with Crippen LogP contribution in [0.4, 0.5) is 5.69 Å². The SMILES string of the molecule is COc1ccc2c(c1)N(S(=O)(=O)c1c(C)n[nH]c1C)CCC2. The molecule has 1 aromatic carbocycles. The van der Waals surface area contributed by atoms with Crippen LogP contribution in [-0.4, -0.2) is 32.3 Å². The summed E-state index contributed by atoms with van der Waals surface area (Å²) in [6.45, 7) is 3.89. The van der Waals surface area contributed by atoms with E-state index in [0.717, 1.165) is 18.4 Å². The van der Waals surface area contributed by atoms with Crippen LogP contribution >= 0.6 is 0 Å². The van der Waals surface area contributed by atoms with Crippen molar-refractivity contribution < 1.29 is 13.2 Å². The summed E-state index contributed by atoms with van der Waals surface area (Å²) in [5.74, 6) is 0.654. The van der Waals surface area contributed by atoms with Gasteiger partial charge in [-0.05, 0) is 38.3 Å². The van der Waals surface area contributed by atoms with Crippen LogP contribution < -0.4 is 9.04 Å². The third-order valence-electron chi connectivity index (χ3n) is 3.98. The van der Waals surface area contributed by atoms with Gasteiger partial charge in [0.2, 0.25) is 0 Å². The Kier molecular flexibility index (Phi) is 3.60. The number of hydrogen-bond acceptors (Lipinski definition) is 4. The van der Waals surface area contributed by atoms with E-state index in [4.69, 9.17) is 4.74 Å². The molecule has 0 radical (unpaired) electrons. The van der Waals surface area contributed by atoms with Crippen LogP contribution in [0, 0.1) is 13.8 Å². The van der Waals surface area contributed by atoms with Crippen LogP contribution in [0.15, 0.2) is 23.1 Å². The van der Waals surface area contributed by atoms with Crippen molar-refractivity contribution in [3.8, 4) is 5.75 Å². The Balaban J connectivity index is 2.15. The van der Waals surface area contributed by atoms with E-state index in [2.05, 4.69) is 10.2 Å². The minimum absolute atomic E-state index is 0.267. The largest absolute Gasteiger partial charge is 0.497 e. The maximum Gasteiger partial charge on any atom is 0.267 e. The molecular weight excluding hydrogens is 302 g/mol. The Morgan fingerprint density at radius 3 is 2.73 bits per heavy atom. The second-order valence-electron chi connectivity index (χ2n) is 5.44. The summed E-state index contributed by atoms with van der Waals surface area (Å²) in [5.41, 5.74) is 2.78. The number of aromatic amines is 1. The summed E-state index contributed by atoms with van der Waals surface area (Å²) < 4.78 is 32.9. The van der Waals surface area contributed by atoms with E-state index in [1.807, 2.05) is 12.1 Å². The average Bonchev–Trinajstić information content (AvgIpc) is 2.85. The maximum atomic E-state index is 13.1. The van der Waals surface area contributed by atoms with Crippen LogP contribution in [0.1, 0.15) is 23.4 Å². The first-order valence-corrected chi connectivity index (χ1v) is 8.60. The number of sulfonamides is 1. The fraction of sp³-hybridized carbons (Fsp3) is 0.400. The van der Waals surface area contributed by atoms with E-state index in [1.54, 1.807) is 27.0 Å². The van der Waals surface area contributed by atoms with E-state index in [1.165, 1.54) is 4.31 Å². The Morgan fingerprint density at radius 1 is 1.32 bits per heavy atom. The zero-order valence-electron chi connectivity index (χ0n) is 12.9. The first-order valence-electron chi connectivity index (χ1n) is 7.16. The van der Waals surface area contributed by atoms with E-state index in [-0.39, 0.29) is 4.90 Å². The molecule has 0 amide bonds. The lowest BCUT2D eigenvalue weighted by Crippen LogP contribution is -2.36. The van der Waals surface area contributed by atoms with Gasteiger partial charge >= 0.3 is 0 Å². The fourth-order valence-electron chi connectivity index (χ4n) is 2.93. The standard InChI is InChI=1S/C15H19N3O3S/c1-10-15(11(2)17-16-10)22(19,20)18-8-4-5-12-6-7-13(21-3)9-14(12)18/h6-7,9H,4-5,8H2,1-3H3,(H,16,17). The highest BCUT2D eigenvalue weighted by molar-refractivity contribution is 7.93. The number of methoxy groups -OCH3 is 1. The molecule has 7 heteroatoms. The normalized spacial score (nSPS) is 14.8. The number of hydrogen-bond donors (Lipinski definition) is 1. The number of rotatable bonds is 3. The average molecular weight is 321 g/mol. The number of aryl methyl sites for hydroxylation is 3. The summed E-state index contributed by atoms with van der Waals surface area (Å²) >= 11 is 0. The number of nitrogens with zero attached hydrogens (tertiary/aromatic N) is 2. The Morgan fingerprint density at radius 2 is 2.09 bits per heavy atom. The van der Waals surface area contributed by atoms with Crippen LogP contribution in [-0.2, 0) is 16.4 Å². The Bertz CT molecular complexity index is 792. The fourth-order valence-corrected chi connectivity index (χ4v) is 4.80. The van der Waals surface area contributed by atoms with Crippen molar-refractivity contribution in [2.24, 2.45) is 0 Å². The second kappa shape index (κ2) is 5.31. The van der Waals surface area contributed by atoms with E-state index in [9.17, 15) is 8.42 Å². The zero-order valence-corrected chi connectivity index (χ0v) is 13.7. The highest BCUT2D eigenvalue weighted by Crippen LogP contribution is 2.35. The molecule has 0 unspecified atom stereocenters. The van der Waals surface area contributed by atoms with Crippen molar-refractivity contribution >= 4 is 15.7 Å². The number of ether oxygens (including phenoxy) is 1. The summed E-state index contributed by atoms with van der Waals surface area (Å²) in [6.07, 6.45) is 1.67. The third-order valence-corrected chi connectivity index (χ3v) is 6.05. The Hall–Kier alpha value is -2.02. The predicted octanol–water partition coefficient (Wildman–Crippen LogP) is 2.18. The molecule has 6 nitrogen and oxygen atoms in total. The summed E-state index contributed by atoms with van der Waals surface area (Å²) in [6, 6.07) is 5.59. The maximum absolute atomic E-state index is 13.1. The van der Waals surface area contributed by atoms with Gasteiger partial charge in [0, 0.05) is 12.6 Å². The van der Waals surface area contributed by atoms with Gasteiger partial charge in [-0.3, -0.25) is 9.40 Å². The topological polar surface area (TPSA) is 75.3 Å². The van der Waals surface area contributed by atoms with Crippen molar-refractivity contribution in [2.75, 3.05) is 18.0 Å². The molecule has 118 valence electrons. The van der Waals surface area contributed by atoms with Gasteiger partial charge in [-0.15, -0.1) is 0 Å². The molecule has 22 heavy (non-hydrogen) atoms. The number of H-pyrrole nitrogens is 1. The lowest BCUT2D eigenvalue weighted by atomic mass is 10.0. The molecule has 3 rings (SSSR count). The van der Waals surface area contributed by atoms with Crippen LogP contribution in [0.5, 0.6) is 5.75 Å². The quantitative estimate of drug-likeness (QED) is 0.940. The van der Waals surface area contributed by atoms with Crippen LogP contribution in [0.2, 0.25) is 0 Å². The number of benzene rings is 1. The summed E-state index contributed by atoms with van der Waals surface area (Å²) in [7, 11) is -2.06. The van der Waals surface area contributed by atoms with Gasteiger partial charge in [0.25, 0.3) is 10.0 Å². The van der Waals surface area contributed by atoms with Crippen molar-refractivity contribution in [3.05, 3.63) is 35.2 Å². The van der Waals surface area contributed by atoms with Crippen molar-refractivity contribution in [1.82, 2.24) is 10.2 Å². The van der Waals surface area contributed by atoms with Crippen molar-refractivity contribution in [1.29, 1.82) is 0 Å². The molecule has 0 aliphatic carbocycles. The van der Waals surface area contributed by atoms with E-state index < -0.39 is 10.0 Å². The molecule has 0 saturated carbocycles. The number of nitrogens with one attached hydrogen (secondary N) is 1. The predicted molar refractivity (Wildman–Crippen MR) is 83.9 cm³/mol. The van der Waals surface area contributed by atoms with Gasteiger partial charge in [0.15, 0.2) is 0 Å². The highest BCUT2D eigenvalue weighted by atomic mass is 32.2. The van der Waals surface area contributed by atoms with Crippen LogP contribution in [0.3, 0.4) is 0 Å². The third kappa shape index (κ3) is 2.25. The van der Waals surface area contributed by atoms with Gasteiger partial charge in [0.05, 0.1) is 24.2 Å². The molecule has 0 fully saturated rings. The molecule has 1 aliphatic rings. The molecule has 2 heterocycles. The number of anilines is 1. The lowest BCUT2D eigenvalue weighted by Gasteiger charge is -2.30. The first kappa shape index (κ1) is 14.9. The van der Waals surface area contributed by atoms with Gasteiger partial charge in [-0.2, -0.15) is 5.10 Å². The molecule has 1 N–H and O–H groups in total.